The number of carbonyl (C=O) groups is 2. The molecule has 2 rings (SSSR count). The molecule has 1 amide bonds. The standard InChI is InChI=1S/C22H27NO5/c1-12(2)18-11-17(6-7-20(18)25)28-21-13(3)8-16(9-14(21)4)10-19(22(26)27)23-15(5)24/h6-9,11-12,19,25H,10H2,1-5H3,(H,23,24)(H,26,27)/t19-/m1/s1. The Morgan fingerprint density at radius 2 is 1.71 bits per heavy atom. The summed E-state index contributed by atoms with van der Waals surface area (Å²) in [6.45, 7) is 9.08. The molecule has 0 fully saturated rings. The fraction of sp³-hybridized carbons (Fsp3) is 0.364. The van der Waals surface area contributed by atoms with E-state index < -0.39 is 12.0 Å². The summed E-state index contributed by atoms with van der Waals surface area (Å²) in [5.41, 5.74) is 3.34. The predicted molar refractivity (Wildman–Crippen MR) is 107 cm³/mol. The maximum absolute atomic E-state index is 11.4. The number of benzene rings is 2. The second-order valence-electron chi connectivity index (χ2n) is 7.33. The highest BCUT2D eigenvalue weighted by Crippen LogP contribution is 2.34. The SMILES string of the molecule is CC(=O)N[C@H](Cc1cc(C)c(Oc2ccc(O)c(C(C)C)c2)c(C)c1)C(=O)O. The molecule has 0 aliphatic carbocycles. The lowest BCUT2D eigenvalue weighted by Gasteiger charge is -2.18. The summed E-state index contributed by atoms with van der Waals surface area (Å²) in [6.07, 6.45) is 0.188. The lowest BCUT2D eigenvalue weighted by molar-refractivity contribution is -0.141. The molecule has 3 N–H and O–H groups in total. The Kier molecular flexibility index (Phi) is 6.67. The normalized spacial score (nSPS) is 11.9. The molecule has 6 nitrogen and oxygen atoms in total. The van der Waals surface area contributed by atoms with E-state index in [0.717, 1.165) is 22.3 Å². The van der Waals surface area contributed by atoms with Gasteiger partial charge < -0.3 is 20.3 Å². The van der Waals surface area contributed by atoms with Crippen molar-refractivity contribution in [2.45, 2.75) is 53.0 Å². The topological polar surface area (TPSA) is 95.9 Å². The number of ether oxygens (including phenoxy) is 1. The van der Waals surface area contributed by atoms with Crippen LogP contribution in [0.2, 0.25) is 0 Å². The summed E-state index contributed by atoms with van der Waals surface area (Å²) in [6, 6.07) is 7.91. The molecule has 0 heterocycles. The van der Waals surface area contributed by atoms with Crippen molar-refractivity contribution in [1.29, 1.82) is 0 Å². The molecule has 6 heteroatoms. The number of carbonyl (C=O) groups excluding carboxylic acids is 1. The Balaban J connectivity index is 2.28. The van der Waals surface area contributed by atoms with E-state index in [1.165, 1.54) is 6.92 Å². The van der Waals surface area contributed by atoms with E-state index in [4.69, 9.17) is 4.74 Å². The number of phenolic OH excluding ortho intramolecular Hbond substituents is 1. The molecule has 0 unspecified atom stereocenters. The molecular weight excluding hydrogens is 358 g/mol. The van der Waals surface area contributed by atoms with Gasteiger partial charge in [0.25, 0.3) is 0 Å². The number of hydrogen-bond donors (Lipinski definition) is 3. The molecule has 2 aromatic carbocycles. The van der Waals surface area contributed by atoms with E-state index in [-0.39, 0.29) is 24.0 Å². The van der Waals surface area contributed by atoms with Crippen molar-refractivity contribution in [2.24, 2.45) is 0 Å². The van der Waals surface area contributed by atoms with Crippen molar-refractivity contribution in [2.75, 3.05) is 0 Å². The number of aromatic hydroxyl groups is 1. The maximum Gasteiger partial charge on any atom is 0.326 e. The van der Waals surface area contributed by atoms with Gasteiger partial charge in [-0.2, -0.15) is 0 Å². The predicted octanol–water partition coefficient (Wildman–Crippen LogP) is 4.06. The van der Waals surface area contributed by atoms with Gasteiger partial charge in [-0.3, -0.25) is 4.79 Å². The second kappa shape index (κ2) is 8.78. The van der Waals surface area contributed by atoms with Gasteiger partial charge in [-0.1, -0.05) is 26.0 Å². The zero-order chi connectivity index (χ0) is 21.0. The number of carboxylic acid groups (broad SMARTS) is 1. The van der Waals surface area contributed by atoms with Crippen LogP contribution in [0.1, 0.15) is 48.9 Å². The van der Waals surface area contributed by atoms with Crippen LogP contribution in [0.25, 0.3) is 0 Å². The largest absolute Gasteiger partial charge is 0.508 e. The molecule has 0 aliphatic rings. The molecule has 1 atom stereocenters. The van der Waals surface area contributed by atoms with Gasteiger partial charge in [-0.05, 0) is 54.7 Å². The fourth-order valence-corrected chi connectivity index (χ4v) is 3.18. The zero-order valence-electron chi connectivity index (χ0n) is 16.9. The minimum Gasteiger partial charge on any atom is -0.508 e. The lowest BCUT2D eigenvalue weighted by Crippen LogP contribution is -2.41. The molecule has 0 aliphatic heterocycles. The van der Waals surface area contributed by atoms with Crippen LogP contribution in [0, 0.1) is 13.8 Å². The summed E-state index contributed by atoms with van der Waals surface area (Å²) in [5.74, 6) is 0.265. The van der Waals surface area contributed by atoms with Crippen molar-refractivity contribution in [3.63, 3.8) is 0 Å². The number of aliphatic carboxylic acids is 1. The van der Waals surface area contributed by atoms with Gasteiger partial charge in [0.1, 0.15) is 23.3 Å². The monoisotopic (exact) mass is 385 g/mol. The molecule has 2 aromatic rings. The van der Waals surface area contributed by atoms with Gasteiger partial charge in [0, 0.05) is 18.9 Å². The third kappa shape index (κ3) is 5.25. The quantitative estimate of drug-likeness (QED) is 0.668. The number of aryl methyl sites for hydroxylation is 2. The first-order valence-electron chi connectivity index (χ1n) is 9.19. The Labute approximate surface area is 165 Å². The van der Waals surface area contributed by atoms with Crippen LogP contribution in [0.5, 0.6) is 17.2 Å². The third-order valence-corrected chi connectivity index (χ3v) is 4.48. The first-order chi connectivity index (χ1) is 13.1. The van der Waals surface area contributed by atoms with E-state index in [0.29, 0.717) is 11.5 Å². The van der Waals surface area contributed by atoms with E-state index in [1.54, 1.807) is 12.1 Å². The molecule has 0 radical (unpaired) electrons. The van der Waals surface area contributed by atoms with E-state index in [1.807, 2.05) is 45.9 Å². The van der Waals surface area contributed by atoms with Crippen molar-refractivity contribution in [3.8, 4) is 17.2 Å². The number of nitrogens with one attached hydrogen (secondary N) is 1. The number of rotatable bonds is 7. The van der Waals surface area contributed by atoms with Crippen molar-refractivity contribution < 1.29 is 24.5 Å². The maximum atomic E-state index is 11.4. The number of carboxylic acids is 1. The van der Waals surface area contributed by atoms with Gasteiger partial charge in [0.15, 0.2) is 0 Å². The molecule has 0 bridgehead atoms. The van der Waals surface area contributed by atoms with Gasteiger partial charge in [0.05, 0.1) is 0 Å². The Hall–Kier alpha value is -3.02. The Morgan fingerprint density at radius 1 is 1.11 bits per heavy atom. The van der Waals surface area contributed by atoms with Crippen molar-refractivity contribution >= 4 is 11.9 Å². The van der Waals surface area contributed by atoms with Crippen LogP contribution in [-0.2, 0) is 16.0 Å². The third-order valence-electron chi connectivity index (χ3n) is 4.48. The number of amides is 1. The van der Waals surface area contributed by atoms with Gasteiger partial charge in [0.2, 0.25) is 5.91 Å². The van der Waals surface area contributed by atoms with Gasteiger partial charge in [-0.25, -0.2) is 4.79 Å². The molecule has 0 aromatic heterocycles. The van der Waals surface area contributed by atoms with Crippen LogP contribution < -0.4 is 10.1 Å². The first-order valence-corrected chi connectivity index (χ1v) is 9.19. The summed E-state index contributed by atoms with van der Waals surface area (Å²) in [5, 5.41) is 21.7. The zero-order valence-corrected chi connectivity index (χ0v) is 16.9. The molecule has 28 heavy (non-hydrogen) atoms. The number of hydrogen-bond acceptors (Lipinski definition) is 4. The van der Waals surface area contributed by atoms with Gasteiger partial charge >= 0.3 is 5.97 Å². The summed E-state index contributed by atoms with van der Waals surface area (Å²) in [4.78, 5) is 22.6. The lowest BCUT2D eigenvalue weighted by atomic mass is 9.99. The Bertz CT molecular complexity index is 865. The van der Waals surface area contributed by atoms with Crippen LogP contribution in [0.15, 0.2) is 30.3 Å². The minimum atomic E-state index is -1.07. The van der Waals surface area contributed by atoms with Crippen LogP contribution in [0.4, 0.5) is 0 Å². The molecule has 150 valence electrons. The fourth-order valence-electron chi connectivity index (χ4n) is 3.18. The molecule has 0 saturated heterocycles. The van der Waals surface area contributed by atoms with E-state index in [2.05, 4.69) is 5.32 Å². The van der Waals surface area contributed by atoms with Crippen LogP contribution in [0.3, 0.4) is 0 Å². The summed E-state index contributed by atoms with van der Waals surface area (Å²) >= 11 is 0. The molecule has 0 saturated carbocycles. The summed E-state index contributed by atoms with van der Waals surface area (Å²) < 4.78 is 6.06. The Morgan fingerprint density at radius 3 is 2.21 bits per heavy atom. The second-order valence-corrected chi connectivity index (χ2v) is 7.33. The van der Waals surface area contributed by atoms with Crippen molar-refractivity contribution in [1.82, 2.24) is 5.32 Å². The minimum absolute atomic E-state index is 0.162. The number of phenols is 1. The smallest absolute Gasteiger partial charge is 0.326 e. The van der Waals surface area contributed by atoms with Crippen LogP contribution >= 0.6 is 0 Å². The highest BCUT2D eigenvalue weighted by atomic mass is 16.5. The first kappa shape index (κ1) is 21.3. The van der Waals surface area contributed by atoms with Crippen LogP contribution in [-0.4, -0.2) is 28.1 Å². The summed E-state index contributed by atoms with van der Waals surface area (Å²) in [7, 11) is 0. The van der Waals surface area contributed by atoms with Crippen molar-refractivity contribution in [3.05, 3.63) is 52.6 Å². The highest BCUT2D eigenvalue weighted by molar-refractivity contribution is 5.82. The average Bonchev–Trinajstić information content (AvgIpc) is 2.58. The van der Waals surface area contributed by atoms with Gasteiger partial charge in [-0.15, -0.1) is 0 Å². The van der Waals surface area contributed by atoms with E-state index in [9.17, 15) is 19.8 Å². The highest BCUT2D eigenvalue weighted by Gasteiger charge is 2.20. The molecule has 0 spiro atoms. The molecular formula is C22H27NO5. The van der Waals surface area contributed by atoms with E-state index >= 15 is 0 Å². The average molecular weight is 385 g/mol.